The van der Waals surface area contributed by atoms with Crippen LogP contribution in [0.1, 0.15) is 11.3 Å². The van der Waals surface area contributed by atoms with Crippen molar-refractivity contribution in [3.05, 3.63) is 64.9 Å². The van der Waals surface area contributed by atoms with Gasteiger partial charge in [0.2, 0.25) is 12.7 Å². The third kappa shape index (κ3) is 3.67. The maximum absolute atomic E-state index is 13.0. The van der Waals surface area contributed by atoms with Gasteiger partial charge >= 0.3 is 0 Å². The van der Waals surface area contributed by atoms with Gasteiger partial charge in [0.25, 0.3) is 0 Å². The summed E-state index contributed by atoms with van der Waals surface area (Å²) in [5.74, 6) is 1.02. The number of hydrogen-bond donors (Lipinski definition) is 1. The van der Waals surface area contributed by atoms with Crippen molar-refractivity contribution in [1.29, 1.82) is 0 Å². The second-order valence-corrected chi connectivity index (χ2v) is 6.65. The SMILES string of the molecule is O=C(Cc1csc(-c2ccc(F)cc2)n1)NCc1ccc2c(c1)OCO2. The van der Waals surface area contributed by atoms with E-state index in [0.29, 0.717) is 18.0 Å². The van der Waals surface area contributed by atoms with Gasteiger partial charge in [-0.2, -0.15) is 0 Å². The van der Waals surface area contributed by atoms with Crippen molar-refractivity contribution < 1.29 is 18.7 Å². The van der Waals surface area contributed by atoms with Gasteiger partial charge in [-0.05, 0) is 42.0 Å². The highest BCUT2D eigenvalue weighted by atomic mass is 32.1. The van der Waals surface area contributed by atoms with Crippen LogP contribution in [-0.4, -0.2) is 17.7 Å². The smallest absolute Gasteiger partial charge is 0.231 e. The lowest BCUT2D eigenvalue weighted by Gasteiger charge is -2.05. The zero-order valence-electron chi connectivity index (χ0n) is 13.7. The van der Waals surface area contributed by atoms with E-state index in [4.69, 9.17) is 9.47 Å². The van der Waals surface area contributed by atoms with Crippen LogP contribution in [0.25, 0.3) is 10.6 Å². The van der Waals surface area contributed by atoms with Gasteiger partial charge in [-0.25, -0.2) is 9.37 Å². The Labute approximate surface area is 153 Å². The Morgan fingerprint density at radius 2 is 1.96 bits per heavy atom. The number of nitrogens with one attached hydrogen (secondary N) is 1. The van der Waals surface area contributed by atoms with E-state index in [1.54, 1.807) is 12.1 Å². The van der Waals surface area contributed by atoms with Crippen molar-refractivity contribution in [3.63, 3.8) is 0 Å². The summed E-state index contributed by atoms with van der Waals surface area (Å²) in [6.45, 7) is 0.635. The molecule has 5 nitrogen and oxygen atoms in total. The van der Waals surface area contributed by atoms with Crippen LogP contribution in [0.15, 0.2) is 47.8 Å². The van der Waals surface area contributed by atoms with Crippen molar-refractivity contribution in [3.8, 4) is 22.1 Å². The number of carbonyl (C=O) groups excluding carboxylic acids is 1. The number of carbonyl (C=O) groups is 1. The molecule has 3 aromatic rings. The number of halogens is 1. The fourth-order valence-corrected chi connectivity index (χ4v) is 3.42. The second kappa shape index (κ2) is 7.13. The lowest BCUT2D eigenvalue weighted by Crippen LogP contribution is -2.24. The number of benzene rings is 2. The summed E-state index contributed by atoms with van der Waals surface area (Å²) in [4.78, 5) is 16.6. The van der Waals surface area contributed by atoms with Crippen LogP contribution in [-0.2, 0) is 17.8 Å². The van der Waals surface area contributed by atoms with Gasteiger partial charge in [0, 0.05) is 17.5 Å². The van der Waals surface area contributed by atoms with Gasteiger partial charge in [-0.3, -0.25) is 4.79 Å². The van der Waals surface area contributed by atoms with Crippen LogP contribution < -0.4 is 14.8 Å². The maximum atomic E-state index is 13.0. The normalized spacial score (nSPS) is 12.2. The fraction of sp³-hybridized carbons (Fsp3) is 0.158. The summed E-state index contributed by atoms with van der Waals surface area (Å²) in [6, 6.07) is 11.7. The average Bonchev–Trinajstić information content (AvgIpc) is 3.29. The first-order valence-corrected chi connectivity index (χ1v) is 8.91. The van der Waals surface area contributed by atoms with E-state index >= 15 is 0 Å². The molecule has 1 aliphatic rings. The van der Waals surface area contributed by atoms with E-state index < -0.39 is 0 Å². The molecule has 0 aliphatic carbocycles. The molecule has 1 amide bonds. The first-order valence-electron chi connectivity index (χ1n) is 8.03. The molecule has 132 valence electrons. The molecule has 0 bridgehead atoms. The monoisotopic (exact) mass is 370 g/mol. The number of ether oxygens (including phenoxy) is 2. The molecule has 0 saturated carbocycles. The predicted molar refractivity (Wildman–Crippen MR) is 95.6 cm³/mol. The van der Waals surface area contributed by atoms with Crippen molar-refractivity contribution in [2.45, 2.75) is 13.0 Å². The molecule has 2 heterocycles. The summed E-state index contributed by atoms with van der Waals surface area (Å²) < 4.78 is 23.6. The molecule has 0 radical (unpaired) electrons. The highest BCUT2D eigenvalue weighted by molar-refractivity contribution is 7.13. The highest BCUT2D eigenvalue weighted by Gasteiger charge is 2.14. The average molecular weight is 370 g/mol. The number of aromatic nitrogens is 1. The molecule has 7 heteroatoms. The number of thiazole rings is 1. The Bertz CT molecular complexity index is 940. The topological polar surface area (TPSA) is 60.5 Å². The highest BCUT2D eigenvalue weighted by Crippen LogP contribution is 2.32. The minimum atomic E-state index is -0.284. The van der Waals surface area contributed by atoms with Gasteiger partial charge in [-0.15, -0.1) is 11.3 Å². The molecule has 0 fully saturated rings. The Morgan fingerprint density at radius 3 is 2.81 bits per heavy atom. The zero-order chi connectivity index (χ0) is 17.9. The van der Waals surface area contributed by atoms with Crippen molar-refractivity contribution in [2.75, 3.05) is 6.79 Å². The molecule has 26 heavy (non-hydrogen) atoms. The molecule has 0 spiro atoms. The van der Waals surface area contributed by atoms with E-state index in [-0.39, 0.29) is 24.9 Å². The third-order valence-corrected chi connectivity index (χ3v) is 4.85. The van der Waals surface area contributed by atoms with Crippen LogP contribution >= 0.6 is 11.3 Å². The molecule has 4 rings (SSSR count). The number of amides is 1. The lowest BCUT2D eigenvalue weighted by atomic mass is 10.2. The summed E-state index contributed by atoms with van der Waals surface area (Å²) in [5.41, 5.74) is 2.47. The van der Waals surface area contributed by atoms with E-state index in [0.717, 1.165) is 21.9 Å². The van der Waals surface area contributed by atoms with Crippen molar-refractivity contribution in [1.82, 2.24) is 10.3 Å². The predicted octanol–water partition coefficient (Wildman–Crippen LogP) is 3.54. The number of fused-ring (bicyclic) bond motifs is 1. The van der Waals surface area contributed by atoms with Gasteiger partial charge in [0.05, 0.1) is 12.1 Å². The Hall–Kier alpha value is -2.93. The van der Waals surface area contributed by atoms with Crippen LogP contribution in [0.3, 0.4) is 0 Å². The van der Waals surface area contributed by atoms with E-state index in [1.807, 2.05) is 23.6 Å². The molecule has 2 aromatic carbocycles. The van der Waals surface area contributed by atoms with E-state index in [9.17, 15) is 9.18 Å². The fourth-order valence-electron chi connectivity index (χ4n) is 2.59. The number of nitrogens with zero attached hydrogens (tertiary/aromatic N) is 1. The molecule has 1 aromatic heterocycles. The molecule has 1 N–H and O–H groups in total. The van der Waals surface area contributed by atoms with Crippen molar-refractivity contribution >= 4 is 17.2 Å². The summed E-state index contributed by atoms with van der Waals surface area (Å²) in [7, 11) is 0. The first kappa shape index (κ1) is 16.5. The van der Waals surface area contributed by atoms with Crippen molar-refractivity contribution in [2.24, 2.45) is 0 Å². The largest absolute Gasteiger partial charge is 0.454 e. The van der Waals surface area contributed by atoms with E-state index in [1.165, 1.54) is 23.5 Å². The van der Waals surface area contributed by atoms with Crippen LogP contribution in [0.2, 0.25) is 0 Å². The molecule has 0 saturated heterocycles. The third-order valence-electron chi connectivity index (χ3n) is 3.91. The van der Waals surface area contributed by atoms with E-state index in [2.05, 4.69) is 10.3 Å². The summed E-state index contributed by atoms with van der Waals surface area (Å²) in [5, 5.41) is 5.49. The number of rotatable bonds is 5. The zero-order valence-corrected chi connectivity index (χ0v) is 14.5. The summed E-state index contributed by atoms with van der Waals surface area (Å²) >= 11 is 1.43. The molecular formula is C19H15FN2O3S. The molecule has 1 aliphatic heterocycles. The Balaban J connectivity index is 1.34. The standard InChI is InChI=1S/C19H15FN2O3S/c20-14-4-2-13(3-5-14)19-22-15(10-26-19)8-18(23)21-9-12-1-6-16-17(7-12)25-11-24-16/h1-7,10H,8-9,11H2,(H,21,23). The first-order chi connectivity index (χ1) is 12.7. The lowest BCUT2D eigenvalue weighted by molar-refractivity contribution is -0.120. The van der Waals surface area contributed by atoms with Gasteiger partial charge in [0.1, 0.15) is 10.8 Å². The van der Waals surface area contributed by atoms with Crippen LogP contribution in [0, 0.1) is 5.82 Å². The Morgan fingerprint density at radius 1 is 1.15 bits per heavy atom. The van der Waals surface area contributed by atoms with Gasteiger partial charge in [-0.1, -0.05) is 6.07 Å². The molecular weight excluding hydrogens is 355 g/mol. The van der Waals surface area contributed by atoms with Crippen LogP contribution in [0.4, 0.5) is 4.39 Å². The second-order valence-electron chi connectivity index (χ2n) is 5.79. The van der Waals surface area contributed by atoms with Gasteiger partial charge < -0.3 is 14.8 Å². The minimum Gasteiger partial charge on any atom is -0.454 e. The molecule has 0 atom stereocenters. The van der Waals surface area contributed by atoms with Gasteiger partial charge in [0.15, 0.2) is 11.5 Å². The quantitative estimate of drug-likeness (QED) is 0.746. The Kier molecular flexibility index (Phi) is 4.53. The number of hydrogen-bond acceptors (Lipinski definition) is 5. The maximum Gasteiger partial charge on any atom is 0.231 e. The summed E-state index contributed by atoms with van der Waals surface area (Å²) in [6.07, 6.45) is 0.197. The molecule has 0 unspecified atom stereocenters. The minimum absolute atomic E-state index is 0.112. The van der Waals surface area contributed by atoms with Crippen LogP contribution in [0.5, 0.6) is 11.5 Å².